The minimum atomic E-state index is 0.463. The van der Waals surface area contributed by atoms with Crippen molar-refractivity contribution in [2.45, 2.75) is 58.9 Å². The maximum atomic E-state index is 6.02. The summed E-state index contributed by atoms with van der Waals surface area (Å²) in [5.41, 5.74) is 6.49. The number of nitrogens with two attached hydrogens (primary N) is 1. The highest BCUT2D eigenvalue weighted by molar-refractivity contribution is 4.91. The van der Waals surface area contributed by atoms with Crippen LogP contribution >= 0.6 is 0 Å². The van der Waals surface area contributed by atoms with Crippen molar-refractivity contribution in [2.24, 2.45) is 23.0 Å². The van der Waals surface area contributed by atoms with Crippen LogP contribution in [0.4, 0.5) is 0 Å². The summed E-state index contributed by atoms with van der Waals surface area (Å²) < 4.78 is 5.17. The molecule has 0 radical (unpaired) electrons. The Kier molecular flexibility index (Phi) is 7.49. The Bertz CT molecular complexity index is 268. The zero-order valence-corrected chi connectivity index (χ0v) is 14.3. The summed E-state index contributed by atoms with van der Waals surface area (Å²) >= 11 is 0. The summed E-state index contributed by atoms with van der Waals surface area (Å²) in [5.74, 6) is 1.51. The first-order valence-electron chi connectivity index (χ1n) is 8.35. The Morgan fingerprint density at radius 2 is 2.00 bits per heavy atom. The number of hydrogen-bond donors (Lipinski definition) is 1. The van der Waals surface area contributed by atoms with E-state index in [1.807, 2.05) is 0 Å². The van der Waals surface area contributed by atoms with Crippen molar-refractivity contribution in [3.8, 4) is 0 Å². The van der Waals surface area contributed by atoms with E-state index in [9.17, 15) is 0 Å². The zero-order valence-electron chi connectivity index (χ0n) is 14.3. The first kappa shape index (κ1) is 17.9. The van der Waals surface area contributed by atoms with Gasteiger partial charge in [-0.05, 0) is 56.5 Å². The van der Waals surface area contributed by atoms with Crippen LogP contribution in [0.1, 0.15) is 52.9 Å². The van der Waals surface area contributed by atoms with E-state index in [4.69, 9.17) is 10.5 Å². The van der Waals surface area contributed by atoms with Gasteiger partial charge in [-0.15, -0.1) is 0 Å². The minimum absolute atomic E-state index is 0.463. The molecule has 1 rings (SSSR count). The van der Waals surface area contributed by atoms with Gasteiger partial charge in [0, 0.05) is 26.3 Å². The molecule has 3 nitrogen and oxygen atoms in total. The van der Waals surface area contributed by atoms with Crippen molar-refractivity contribution in [1.82, 2.24) is 4.90 Å². The second-order valence-electron chi connectivity index (χ2n) is 7.24. The largest absolute Gasteiger partial charge is 0.385 e. The van der Waals surface area contributed by atoms with Crippen molar-refractivity contribution in [3.05, 3.63) is 0 Å². The monoisotopic (exact) mass is 284 g/mol. The first-order valence-corrected chi connectivity index (χ1v) is 8.35. The molecule has 3 unspecified atom stereocenters. The van der Waals surface area contributed by atoms with Gasteiger partial charge in [0.05, 0.1) is 0 Å². The molecule has 3 atom stereocenters. The Morgan fingerprint density at radius 3 is 2.55 bits per heavy atom. The Labute approximate surface area is 126 Å². The normalized spacial score (nSPS) is 28.1. The summed E-state index contributed by atoms with van der Waals surface area (Å²) in [7, 11) is 4.05. The summed E-state index contributed by atoms with van der Waals surface area (Å²) in [6, 6.07) is 0.654. The highest BCUT2D eigenvalue weighted by Gasteiger charge is 2.38. The number of hydrogen-bond acceptors (Lipinski definition) is 3. The van der Waals surface area contributed by atoms with E-state index >= 15 is 0 Å². The average molecular weight is 284 g/mol. The maximum absolute atomic E-state index is 6.02. The van der Waals surface area contributed by atoms with Gasteiger partial charge >= 0.3 is 0 Å². The van der Waals surface area contributed by atoms with Gasteiger partial charge in [-0.2, -0.15) is 0 Å². The molecule has 1 fully saturated rings. The molecule has 0 bridgehead atoms. The Balaban J connectivity index is 2.63. The number of methoxy groups -OCH3 is 1. The van der Waals surface area contributed by atoms with Gasteiger partial charge in [-0.25, -0.2) is 0 Å². The van der Waals surface area contributed by atoms with Gasteiger partial charge in [0.1, 0.15) is 0 Å². The summed E-state index contributed by atoms with van der Waals surface area (Å²) in [6.45, 7) is 10.00. The molecule has 0 aliphatic heterocycles. The van der Waals surface area contributed by atoms with Crippen LogP contribution in [0.3, 0.4) is 0 Å². The van der Waals surface area contributed by atoms with Gasteiger partial charge in [-0.1, -0.05) is 27.2 Å². The van der Waals surface area contributed by atoms with E-state index in [1.54, 1.807) is 7.11 Å². The molecule has 0 heterocycles. The smallest absolute Gasteiger partial charge is 0.0474 e. The highest BCUT2D eigenvalue weighted by atomic mass is 16.5. The summed E-state index contributed by atoms with van der Waals surface area (Å²) in [5, 5.41) is 0. The molecule has 0 saturated heterocycles. The summed E-state index contributed by atoms with van der Waals surface area (Å²) in [4.78, 5) is 2.54. The quantitative estimate of drug-likeness (QED) is 0.696. The number of ether oxygens (including phenoxy) is 1. The lowest BCUT2D eigenvalue weighted by Gasteiger charge is -2.46. The fourth-order valence-electron chi connectivity index (χ4n) is 3.65. The molecule has 3 heteroatoms. The molecule has 0 aromatic rings. The Morgan fingerprint density at radius 1 is 1.30 bits per heavy atom. The van der Waals surface area contributed by atoms with Gasteiger partial charge < -0.3 is 15.4 Å². The first-order chi connectivity index (χ1) is 9.46. The van der Waals surface area contributed by atoms with Crippen molar-refractivity contribution in [2.75, 3.05) is 33.9 Å². The number of rotatable bonds is 8. The van der Waals surface area contributed by atoms with E-state index in [1.165, 1.54) is 25.7 Å². The van der Waals surface area contributed by atoms with Crippen LogP contribution in [-0.4, -0.2) is 44.8 Å². The van der Waals surface area contributed by atoms with E-state index < -0.39 is 0 Å². The van der Waals surface area contributed by atoms with Crippen LogP contribution in [0.15, 0.2) is 0 Å². The molecule has 1 aliphatic carbocycles. The van der Waals surface area contributed by atoms with Crippen LogP contribution in [0.25, 0.3) is 0 Å². The van der Waals surface area contributed by atoms with Crippen LogP contribution in [-0.2, 0) is 4.74 Å². The molecule has 2 N–H and O–H groups in total. The predicted molar refractivity (Wildman–Crippen MR) is 86.9 cm³/mol. The molecule has 120 valence electrons. The van der Waals surface area contributed by atoms with Gasteiger partial charge in [0.15, 0.2) is 0 Å². The lowest BCUT2D eigenvalue weighted by molar-refractivity contribution is 0.0462. The molecule has 0 amide bonds. The average Bonchev–Trinajstić information content (AvgIpc) is 2.46. The van der Waals surface area contributed by atoms with Crippen LogP contribution in [0.5, 0.6) is 0 Å². The third kappa shape index (κ3) is 4.71. The molecule has 0 aromatic carbocycles. The van der Waals surface area contributed by atoms with E-state index in [0.717, 1.165) is 32.0 Å². The maximum Gasteiger partial charge on any atom is 0.0474 e. The van der Waals surface area contributed by atoms with E-state index in [2.05, 4.69) is 32.7 Å². The number of nitrogens with zero attached hydrogens (tertiary/aromatic N) is 1. The van der Waals surface area contributed by atoms with E-state index in [0.29, 0.717) is 17.4 Å². The SMILES string of the molecule is CCC(C)(C)C1CCC(CN)C(N(C)CCCOC)C1. The lowest BCUT2D eigenvalue weighted by atomic mass is 9.65. The fourth-order valence-corrected chi connectivity index (χ4v) is 3.65. The van der Waals surface area contributed by atoms with Crippen LogP contribution in [0, 0.1) is 17.3 Å². The topological polar surface area (TPSA) is 38.5 Å². The van der Waals surface area contributed by atoms with Gasteiger partial charge in [0.25, 0.3) is 0 Å². The standard InChI is InChI=1S/C17H36N2O/c1-6-17(2,3)15-9-8-14(13-18)16(12-15)19(4)10-7-11-20-5/h14-16H,6-13,18H2,1-5H3. The molecule has 0 spiro atoms. The third-order valence-electron chi connectivity index (χ3n) is 5.70. The molecule has 1 saturated carbocycles. The van der Waals surface area contributed by atoms with Crippen LogP contribution in [0.2, 0.25) is 0 Å². The van der Waals surface area contributed by atoms with Crippen molar-refractivity contribution in [1.29, 1.82) is 0 Å². The highest BCUT2D eigenvalue weighted by Crippen LogP contribution is 2.43. The zero-order chi connectivity index (χ0) is 15.2. The molecule has 1 aliphatic rings. The minimum Gasteiger partial charge on any atom is -0.385 e. The Hall–Kier alpha value is -0.120. The molecule has 20 heavy (non-hydrogen) atoms. The summed E-state index contributed by atoms with van der Waals surface area (Å²) in [6.07, 6.45) is 6.34. The van der Waals surface area contributed by atoms with E-state index in [-0.39, 0.29) is 0 Å². The molecular weight excluding hydrogens is 248 g/mol. The predicted octanol–water partition coefficient (Wildman–Crippen LogP) is 3.13. The van der Waals surface area contributed by atoms with Gasteiger partial charge in [0.2, 0.25) is 0 Å². The second-order valence-corrected chi connectivity index (χ2v) is 7.24. The second kappa shape index (κ2) is 8.35. The lowest BCUT2D eigenvalue weighted by Crippen LogP contribution is -2.47. The van der Waals surface area contributed by atoms with Crippen molar-refractivity contribution < 1.29 is 4.74 Å². The molecular formula is C17H36N2O. The third-order valence-corrected chi connectivity index (χ3v) is 5.70. The molecule has 0 aromatic heterocycles. The van der Waals surface area contributed by atoms with Crippen LogP contribution < -0.4 is 5.73 Å². The van der Waals surface area contributed by atoms with Gasteiger partial charge in [-0.3, -0.25) is 0 Å². The van der Waals surface area contributed by atoms with Crippen molar-refractivity contribution >= 4 is 0 Å². The fraction of sp³-hybridized carbons (Fsp3) is 1.00. The van der Waals surface area contributed by atoms with Crippen molar-refractivity contribution in [3.63, 3.8) is 0 Å².